The number of piperidine rings is 1. The second-order valence-electron chi connectivity index (χ2n) is 6.22. The molecule has 1 atom stereocenters. The summed E-state index contributed by atoms with van der Waals surface area (Å²) >= 11 is 0. The first-order valence-electron chi connectivity index (χ1n) is 8.86. The van der Waals surface area contributed by atoms with Crippen molar-refractivity contribution in [2.75, 3.05) is 27.3 Å². The number of ether oxygens (including phenoxy) is 3. The topological polar surface area (TPSA) is 85.8 Å². The van der Waals surface area contributed by atoms with E-state index in [1.807, 2.05) is 18.2 Å². The van der Waals surface area contributed by atoms with Crippen LogP contribution in [0.5, 0.6) is 17.4 Å². The average Bonchev–Trinajstić information content (AvgIpc) is 2.72. The van der Waals surface area contributed by atoms with Crippen molar-refractivity contribution in [2.24, 2.45) is 0 Å². The molecule has 8 nitrogen and oxygen atoms in total. The molecule has 1 aliphatic heterocycles. The van der Waals surface area contributed by atoms with Gasteiger partial charge < -0.3 is 24.4 Å². The number of urea groups is 1. The van der Waals surface area contributed by atoms with Gasteiger partial charge in [0.05, 0.1) is 27.0 Å². The molecule has 0 spiro atoms. The third-order valence-corrected chi connectivity index (χ3v) is 4.38. The molecule has 0 bridgehead atoms. The molecule has 1 saturated heterocycles. The summed E-state index contributed by atoms with van der Waals surface area (Å²) in [5.41, 5.74) is 0.936. The normalized spacial score (nSPS) is 16.5. The molecule has 1 N–H and O–H groups in total. The zero-order valence-electron chi connectivity index (χ0n) is 15.6. The third kappa shape index (κ3) is 4.99. The number of aromatic nitrogens is 2. The van der Waals surface area contributed by atoms with Crippen LogP contribution >= 0.6 is 0 Å². The van der Waals surface area contributed by atoms with Crippen molar-refractivity contribution in [1.82, 2.24) is 20.2 Å². The number of hydrogen-bond donors (Lipinski definition) is 1. The molecule has 0 radical (unpaired) electrons. The molecule has 27 heavy (non-hydrogen) atoms. The molecule has 0 unspecified atom stereocenters. The number of nitrogens with one attached hydrogen (secondary N) is 1. The highest BCUT2D eigenvalue weighted by Gasteiger charge is 2.25. The lowest BCUT2D eigenvalue weighted by molar-refractivity contribution is 0.0974. The Labute approximate surface area is 158 Å². The summed E-state index contributed by atoms with van der Waals surface area (Å²) in [7, 11) is 3.18. The number of benzene rings is 1. The van der Waals surface area contributed by atoms with Gasteiger partial charge in [-0.2, -0.15) is 0 Å². The van der Waals surface area contributed by atoms with Crippen LogP contribution < -0.4 is 19.5 Å². The highest BCUT2D eigenvalue weighted by atomic mass is 16.5. The van der Waals surface area contributed by atoms with Crippen LogP contribution in [0.2, 0.25) is 0 Å². The molecule has 144 valence electrons. The van der Waals surface area contributed by atoms with E-state index in [-0.39, 0.29) is 12.1 Å². The van der Waals surface area contributed by atoms with Crippen LogP contribution in [0, 0.1) is 0 Å². The lowest BCUT2D eigenvalue weighted by Crippen LogP contribution is -2.48. The summed E-state index contributed by atoms with van der Waals surface area (Å²) in [6, 6.07) is 5.47. The second kappa shape index (κ2) is 9.07. The van der Waals surface area contributed by atoms with Crippen LogP contribution in [0.1, 0.15) is 18.4 Å². The maximum atomic E-state index is 12.5. The predicted octanol–water partition coefficient (Wildman–Crippen LogP) is 2.25. The Balaban J connectivity index is 1.53. The maximum Gasteiger partial charge on any atom is 0.317 e. The molecule has 0 aliphatic carbocycles. The Bertz CT molecular complexity index is 757. The lowest BCUT2D eigenvalue weighted by atomic mass is 10.1. The number of likely N-dealkylation sites (tertiary alicyclic amines) is 1. The van der Waals surface area contributed by atoms with E-state index in [2.05, 4.69) is 15.3 Å². The maximum absolute atomic E-state index is 12.5. The Morgan fingerprint density at radius 2 is 2.11 bits per heavy atom. The van der Waals surface area contributed by atoms with Gasteiger partial charge in [-0.3, -0.25) is 4.98 Å². The molecule has 2 aromatic rings. The van der Waals surface area contributed by atoms with Gasteiger partial charge in [0.15, 0.2) is 11.5 Å². The van der Waals surface area contributed by atoms with E-state index in [0.717, 1.165) is 18.4 Å². The zero-order valence-corrected chi connectivity index (χ0v) is 15.6. The van der Waals surface area contributed by atoms with E-state index < -0.39 is 0 Å². The van der Waals surface area contributed by atoms with E-state index >= 15 is 0 Å². The third-order valence-electron chi connectivity index (χ3n) is 4.38. The molecule has 1 aromatic heterocycles. The van der Waals surface area contributed by atoms with Crippen LogP contribution in [-0.2, 0) is 6.54 Å². The Hall–Kier alpha value is -3.03. The molecule has 2 amide bonds. The minimum atomic E-state index is -0.114. The van der Waals surface area contributed by atoms with Crippen molar-refractivity contribution in [3.8, 4) is 17.4 Å². The molecular formula is C19H24N4O4. The van der Waals surface area contributed by atoms with Gasteiger partial charge >= 0.3 is 6.03 Å². The summed E-state index contributed by atoms with van der Waals surface area (Å²) in [6.07, 6.45) is 6.45. The smallest absolute Gasteiger partial charge is 0.317 e. The van der Waals surface area contributed by atoms with Crippen LogP contribution in [0.4, 0.5) is 4.79 Å². The van der Waals surface area contributed by atoms with Crippen molar-refractivity contribution < 1.29 is 19.0 Å². The van der Waals surface area contributed by atoms with Crippen LogP contribution in [0.3, 0.4) is 0 Å². The van der Waals surface area contributed by atoms with Gasteiger partial charge in [-0.1, -0.05) is 6.07 Å². The van der Waals surface area contributed by atoms with E-state index in [4.69, 9.17) is 14.2 Å². The number of nitrogens with zero attached hydrogens (tertiary/aromatic N) is 3. The quantitative estimate of drug-likeness (QED) is 0.837. The summed E-state index contributed by atoms with van der Waals surface area (Å²) in [5, 5.41) is 2.95. The second-order valence-corrected chi connectivity index (χ2v) is 6.22. The standard InChI is InChI=1S/C19H24N4O4/c1-25-16-6-5-14(10-17(16)26-2)11-22-19(24)23-9-3-4-15(13-23)27-18-12-20-7-8-21-18/h5-8,10,12,15H,3-4,9,11,13H2,1-2H3,(H,22,24)/t15-/m0/s1. The monoisotopic (exact) mass is 372 g/mol. The molecular weight excluding hydrogens is 348 g/mol. The Morgan fingerprint density at radius 1 is 1.26 bits per heavy atom. The number of amides is 2. The molecule has 2 heterocycles. The first-order chi connectivity index (χ1) is 13.2. The number of carbonyl (C=O) groups is 1. The molecule has 3 rings (SSSR count). The van der Waals surface area contributed by atoms with Gasteiger partial charge in [0, 0.05) is 25.5 Å². The van der Waals surface area contributed by atoms with Crippen molar-refractivity contribution in [3.63, 3.8) is 0 Å². The van der Waals surface area contributed by atoms with Gasteiger partial charge in [0.25, 0.3) is 0 Å². The number of methoxy groups -OCH3 is 2. The minimum absolute atomic E-state index is 0.0812. The molecule has 0 saturated carbocycles. The average molecular weight is 372 g/mol. The minimum Gasteiger partial charge on any atom is -0.493 e. The summed E-state index contributed by atoms with van der Waals surface area (Å²) < 4.78 is 16.4. The van der Waals surface area contributed by atoms with Crippen molar-refractivity contribution in [1.29, 1.82) is 0 Å². The van der Waals surface area contributed by atoms with E-state index in [1.165, 1.54) is 0 Å². The van der Waals surface area contributed by atoms with Crippen LogP contribution in [-0.4, -0.2) is 54.3 Å². The number of rotatable bonds is 6. The highest BCUT2D eigenvalue weighted by molar-refractivity contribution is 5.74. The zero-order chi connectivity index (χ0) is 19.1. The molecule has 8 heteroatoms. The number of hydrogen-bond acceptors (Lipinski definition) is 6. The van der Waals surface area contributed by atoms with E-state index in [1.54, 1.807) is 37.7 Å². The van der Waals surface area contributed by atoms with E-state index in [0.29, 0.717) is 37.0 Å². The van der Waals surface area contributed by atoms with E-state index in [9.17, 15) is 4.79 Å². The van der Waals surface area contributed by atoms with Crippen LogP contribution in [0.25, 0.3) is 0 Å². The van der Waals surface area contributed by atoms with Gasteiger partial charge in [0.1, 0.15) is 6.10 Å². The Kier molecular flexibility index (Phi) is 6.30. The first-order valence-corrected chi connectivity index (χ1v) is 8.86. The highest BCUT2D eigenvalue weighted by Crippen LogP contribution is 2.27. The van der Waals surface area contributed by atoms with Gasteiger partial charge in [-0.25, -0.2) is 9.78 Å². The van der Waals surface area contributed by atoms with Gasteiger partial charge in [0.2, 0.25) is 5.88 Å². The fraction of sp³-hybridized carbons (Fsp3) is 0.421. The van der Waals surface area contributed by atoms with Crippen molar-refractivity contribution in [2.45, 2.75) is 25.5 Å². The summed E-state index contributed by atoms with van der Waals surface area (Å²) in [6.45, 7) is 1.64. The lowest BCUT2D eigenvalue weighted by Gasteiger charge is -2.32. The molecule has 1 aromatic carbocycles. The SMILES string of the molecule is COc1ccc(CNC(=O)N2CCC[C@H](Oc3cnccn3)C2)cc1OC. The van der Waals surface area contributed by atoms with Crippen LogP contribution in [0.15, 0.2) is 36.8 Å². The fourth-order valence-corrected chi connectivity index (χ4v) is 3.02. The molecule has 1 fully saturated rings. The predicted molar refractivity (Wildman–Crippen MR) is 99.0 cm³/mol. The largest absolute Gasteiger partial charge is 0.493 e. The van der Waals surface area contributed by atoms with Crippen molar-refractivity contribution >= 4 is 6.03 Å². The fourth-order valence-electron chi connectivity index (χ4n) is 3.02. The molecule has 1 aliphatic rings. The van der Waals surface area contributed by atoms with Gasteiger partial charge in [-0.05, 0) is 30.5 Å². The summed E-state index contributed by atoms with van der Waals surface area (Å²) in [5.74, 6) is 1.78. The summed E-state index contributed by atoms with van der Waals surface area (Å²) in [4.78, 5) is 22.4. The first kappa shape index (κ1) is 18.8. The van der Waals surface area contributed by atoms with Crippen molar-refractivity contribution in [3.05, 3.63) is 42.4 Å². The number of carbonyl (C=O) groups excluding carboxylic acids is 1. The van der Waals surface area contributed by atoms with Gasteiger partial charge in [-0.15, -0.1) is 0 Å². The Morgan fingerprint density at radius 3 is 2.85 bits per heavy atom.